The topological polar surface area (TPSA) is 71.8 Å². The van der Waals surface area contributed by atoms with Gasteiger partial charge in [0, 0.05) is 32.0 Å². The Hall–Kier alpha value is -2.58. The van der Waals surface area contributed by atoms with Crippen molar-refractivity contribution in [3.8, 4) is 0 Å². The summed E-state index contributed by atoms with van der Waals surface area (Å²) in [4.78, 5) is 15.6. The molecule has 0 bridgehead atoms. The number of amides is 1. The molecule has 2 N–H and O–H groups in total. The fraction of sp³-hybridized carbons (Fsp3) is 0.357. The maximum absolute atomic E-state index is 12.4. The van der Waals surface area contributed by atoms with Gasteiger partial charge in [0.15, 0.2) is 0 Å². The van der Waals surface area contributed by atoms with Gasteiger partial charge in [0.25, 0.3) is 5.91 Å². The largest absolute Gasteiger partial charge is 0.417 e. The number of hydrogen-bond donors (Lipinski definition) is 2. The molecule has 0 unspecified atom stereocenters. The van der Waals surface area contributed by atoms with Crippen LogP contribution in [0.5, 0.6) is 0 Å². The number of anilines is 1. The minimum Gasteiger partial charge on any atom is -0.368 e. The number of aryl methyl sites for hydroxylation is 1. The molecular formula is C14H16F3N5O. The first-order valence-corrected chi connectivity index (χ1v) is 6.83. The van der Waals surface area contributed by atoms with Gasteiger partial charge in [-0.15, -0.1) is 0 Å². The van der Waals surface area contributed by atoms with Crippen molar-refractivity contribution in [3.63, 3.8) is 0 Å². The lowest BCUT2D eigenvalue weighted by molar-refractivity contribution is -0.137. The SMILES string of the molecule is Cc1c(C(=O)NCCNc2ccc(C(F)(F)F)cn2)cnn1C. The predicted octanol–water partition coefficient (Wildman–Crippen LogP) is 1.98. The number of nitrogens with zero attached hydrogens (tertiary/aromatic N) is 3. The van der Waals surface area contributed by atoms with Crippen LogP contribution >= 0.6 is 0 Å². The van der Waals surface area contributed by atoms with Crippen molar-refractivity contribution < 1.29 is 18.0 Å². The van der Waals surface area contributed by atoms with E-state index < -0.39 is 11.7 Å². The van der Waals surface area contributed by atoms with Crippen LogP contribution in [0, 0.1) is 6.92 Å². The van der Waals surface area contributed by atoms with Crippen molar-refractivity contribution in [1.29, 1.82) is 0 Å². The minimum atomic E-state index is -4.40. The molecule has 124 valence electrons. The van der Waals surface area contributed by atoms with Gasteiger partial charge < -0.3 is 10.6 Å². The minimum absolute atomic E-state index is 0.252. The molecule has 0 spiro atoms. The predicted molar refractivity (Wildman–Crippen MR) is 78.0 cm³/mol. The van der Waals surface area contributed by atoms with Crippen LogP contribution in [0.1, 0.15) is 21.6 Å². The molecule has 0 aliphatic carbocycles. The molecule has 0 aromatic carbocycles. The van der Waals surface area contributed by atoms with E-state index in [1.54, 1.807) is 18.7 Å². The molecule has 0 aliphatic rings. The third-order valence-electron chi connectivity index (χ3n) is 3.29. The summed E-state index contributed by atoms with van der Waals surface area (Å²) in [5, 5.41) is 9.51. The van der Waals surface area contributed by atoms with Gasteiger partial charge >= 0.3 is 6.18 Å². The number of halogens is 3. The number of pyridine rings is 1. The van der Waals surface area contributed by atoms with Gasteiger partial charge in [-0.25, -0.2) is 4.98 Å². The lowest BCUT2D eigenvalue weighted by Crippen LogP contribution is -2.29. The summed E-state index contributed by atoms with van der Waals surface area (Å²) in [6, 6.07) is 2.20. The molecule has 0 saturated heterocycles. The van der Waals surface area contributed by atoms with E-state index in [0.717, 1.165) is 18.0 Å². The summed E-state index contributed by atoms with van der Waals surface area (Å²) in [5.74, 6) is 0.0579. The highest BCUT2D eigenvalue weighted by atomic mass is 19.4. The lowest BCUT2D eigenvalue weighted by atomic mass is 10.2. The Morgan fingerprint density at radius 2 is 2.00 bits per heavy atom. The maximum Gasteiger partial charge on any atom is 0.417 e. The molecule has 1 amide bonds. The highest BCUT2D eigenvalue weighted by Gasteiger charge is 2.30. The van der Waals surface area contributed by atoms with Gasteiger partial charge in [0.2, 0.25) is 0 Å². The summed E-state index contributed by atoms with van der Waals surface area (Å²) in [6.07, 6.45) is -2.16. The van der Waals surface area contributed by atoms with E-state index in [9.17, 15) is 18.0 Å². The summed E-state index contributed by atoms with van der Waals surface area (Å²) >= 11 is 0. The fourth-order valence-electron chi connectivity index (χ4n) is 1.85. The summed E-state index contributed by atoms with van der Waals surface area (Å²) in [7, 11) is 1.74. The maximum atomic E-state index is 12.4. The van der Waals surface area contributed by atoms with E-state index in [4.69, 9.17) is 0 Å². The van der Waals surface area contributed by atoms with Crippen LogP contribution in [0.25, 0.3) is 0 Å². The zero-order valence-electron chi connectivity index (χ0n) is 12.6. The quantitative estimate of drug-likeness (QED) is 0.824. The molecule has 2 rings (SSSR count). The van der Waals surface area contributed by atoms with Gasteiger partial charge in [0.1, 0.15) is 5.82 Å². The second-order valence-corrected chi connectivity index (χ2v) is 4.88. The molecule has 0 radical (unpaired) electrons. The Bertz CT molecular complexity index is 679. The summed E-state index contributed by atoms with van der Waals surface area (Å²) in [5.41, 5.74) is 0.434. The second kappa shape index (κ2) is 6.67. The van der Waals surface area contributed by atoms with Gasteiger partial charge in [0.05, 0.1) is 17.3 Å². The standard InChI is InChI=1S/C14H16F3N5O/c1-9-11(8-21-22(9)2)13(23)19-6-5-18-12-4-3-10(7-20-12)14(15,16)17/h3-4,7-8H,5-6H2,1-2H3,(H,18,20)(H,19,23). The van der Waals surface area contributed by atoms with Crippen molar-refractivity contribution in [2.24, 2.45) is 7.05 Å². The number of nitrogens with one attached hydrogen (secondary N) is 2. The third kappa shape index (κ3) is 4.21. The van der Waals surface area contributed by atoms with Gasteiger partial charge in [-0.05, 0) is 19.1 Å². The molecule has 0 atom stereocenters. The monoisotopic (exact) mass is 327 g/mol. The average Bonchev–Trinajstić information content (AvgIpc) is 2.83. The van der Waals surface area contributed by atoms with E-state index in [1.165, 1.54) is 12.3 Å². The van der Waals surface area contributed by atoms with Crippen LogP contribution in [0.3, 0.4) is 0 Å². The molecule has 2 aromatic rings. The number of carbonyl (C=O) groups excluding carboxylic acids is 1. The third-order valence-corrected chi connectivity index (χ3v) is 3.29. The average molecular weight is 327 g/mol. The normalized spacial score (nSPS) is 11.3. The molecule has 0 aliphatic heterocycles. The first-order chi connectivity index (χ1) is 10.8. The molecule has 0 fully saturated rings. The lowest BCUT2D eigenvalue weighted by Gasteiger charge is -2.09. The molecule has 0 saturated carbocycles. The van der Waals surface area contributed by atoms with Crippen molar-refractivity contribution in [2.45, 2.75) is 13.1 Å². The summed E-state index contributed by atoms with van der Waals surface area (Å²) in [6.45, 7) is 2.42. The van der Waals surface area contributed by atoms with Crippen LogP contribution < -0.4 is 10.6 Å². The first-order valence-electron chi connectivity index (χ1n) is 6.83. The van der Waals surface area contributed by atoms with Crippen LogP contribution in [0.15, 0.2) is 24.5 Å². The smallest absolute Gasteiger partial charge is 0.368 e. The van der Waals surface area contributed by atoms with E-state index in [1.807, 2.05) is 0 Å². The van der Waals surface area contributed by atoms with Crippen LogP contribution in [0.4, 0.5) is 19.0 Å². The highest BCUT2D eigenvalue weighted by molar-refractivity contribution is 5.95. The van der Waals surface area contributed by atoms with Crippen LogP contribution in [-0.4, -0.2) is 33.8 Å². The van der Waals surface area contributed by atoms with Gasteiger partial charge in [-0.2, -0.15) is 18.3 Å². The number of carbonyl (C=O) groups is 1. The van der Waals surface area contributed by atoms with Crippen molar-refractivity contribution in [3.05, 3.63) is 41.3 Å². The fourth-order valence-corrected chi connectivity index (χ4v) is 1.85. The number of rotatable bonds is 5. The highest BCUT2D eigenvalue weighted by Crippen LogP contribution is 2.28. The van der Waals surface area contributed by atoms with Gasteiger partial charge in [-0.3, -0.25) is 9.48 Å². The Kier molecular flexibility index (Phi) is 4.87. The molecule has 6 nitrogen and oxygen atoms in total. The molecule has 2 heterocycles. The van der Waals surface area contributed by atoms with E-state index in [-0.39, 0.29) is 5.91 Å². The molecule has 2 aromatic heterocycles. The van der Waals surface area contributed by atoms with Gasteiger partial charge in [-0.1, -0.05) is 0 Å². The zero-order chi connectivity index (χ0) is 17.0. The second-order valence-electron chi connectivity index (χ2n) is 4.88. The van der Waals surface area contributed by atoms with E-state index in [0.29, 0.717) is 24.5 Å². The zero-order valence-corrected chi connectivity index (χ0v) is 12.6. The van der Waals surface area contributed by atoms with E-state index >= 15 is 0 Å². The summed E-state index contributed by atoms with van der Waals surface area (Å²) < 4.78 is 38.8. The molecular weight excluding hydrogens is 311 g/mol. The number of hydrogen-bond acceptors (Lipinski definition) is 4. The molecule has 9 heteroatoms. The Morgan fingerprint density at radius 3 is 2.52 bits per heavy atom. The Balaban J connectivity index is 1.79. The van der Waals surface area contributed by atoms with Crippen LogP contribution in [-0.2, 0) is 13.2 Å². The Morgan fingerprint density at radius 1 is 1.26 bits per heavy atom. The van der Waals surface area contributed by atoms with Crippen molar-refractivity contribution >= 4 is 11.7 Å². The Labute approximate surface area is 130 Å². The van der Waals surface area contributed by atoms with Crippen molar-refractivity contribution in [2.75, 3.05) is 18.4 Å². The van der Waals surface area contributed by atoms with Crippen molar-refractivity contribution in [1.82, 2.24) is 20.1 Å². The number of aromatic nitrogens is 3. The number of alkyl halides is 3. The van der Waals surface area contributed by atoms with E-state index in [2.05, 4.69) is 20.7 Å². The van der Waals surface area contributed by atoms with Crippen LogP contribution in [0.2, 0.25) is 0 Å². The first kappa shape index (κ1) is 16.8. The molecule has 23 heavy (non-hydrogen) atoms.